The van der Waals surface area contributed by atoms with Crippen LogP contribution in [0.5, 0.6) is 11.5 Å². The summed E-state index contributed by atoms with van der Waals surface area (Å²) in [5.41, 5.74) is 3.20. The lowest BCUT2D eigenvalue weighted by Gasteiger charge is -2.27. The third kappa shape index (κ3) is 3.23. The fourth-order valence-electron chi connectivity index (χ4n) is 3.83. The molecule has 7 nitrogen and oxygen atoms in total. The molecule has 0 atom stereocenters. The summed E-state index contributed by atoms with van der Waals surface area (Å²) in [7, 11) is 1.42. The van der Waals surface area contributed by atoms with E-state index in [0.29, 0.717) is 34.6 Å². The number of imidazole rings is 1. The first-order valence-electron chi connectivity index (χ1n) is 9.79. The number of aryl methyl sites for hydroxylation is 1. The van der Waals surface area contributed by atoms with Crippen LogP contribution in [0.2, 0.25) is 0 Å². The molecule has 10 heteroatoms. The first-order chi connectivity index (χ1) is 15.4. The molecule has 3 heterocycles. The van der Waals surface area contributed by atoms with Gasteiger partial charge in [0, 0.05) is 28.8 Å². The van der Waals surface area contributed by atoms with E-state index in [-0.39, 0.29) is 22.4 Å². The van der Waals surface area contributed by atoms with Crippen LogP contribution in [0.25, 0.3) is 33.4 Å². The number of ether oxygens (including phenoxy) is 3. The summed E-state index contributed by atoms with van der Waals surface area (Å²) in [6, 6.07) is 7.30. The molecule has 1 aliphatic rings. The quantitative estimate of drug-likeness (QED) is 0.453. The predicted octanol–water partition coefficient (Wildman–Crippen LogP) is 4.79. The van der Waals surface area contributed by atoms with Gasteiger partial charge in [-0.3, -0.25) is 4.74 Å². The van der Waals surface area contributed by atoms with Crippen LogP contribution in [0.1, 0.15) is 12.5 Å². The van der Waals surface area contributed by atoms with E-state index >= 15 is 4.39 Å². The fourth-order valence-corrected chi connectivity index (χ4v) is 3.83. The van der Waals surface area contributed by atoms with Crippen molar-refractivity contribution in [1.82, 2.24) is 19.7 Å². The zero-order chi connectivity index (χ0) is 22.5. The molecule has 32 heavy (non-hydrogen) atoms. The molecule has 0 saturated heterocycles. The second-order valence-corrected chi connectivity index (χ2v) is 7.13. The Morgan fingerprint density at radius 3 is 2.81 bits per heavy atom. The lowest BCUT2D eigenvalue weighted by Crippen LogP contribution is -2.32. The molecule has 2 aromatic heterocycles. The number of benzene rings is 2. The van der Waals surface area contributed by atoms with Crippen LogP contribution in [0.4, 0.5) is 13.2 Å². The van der Waals surface area contributed by atoms with Crippen LogP contribution in [0.15, 0.2) is 42.9 Å². The van der Waals surface area contributed by atoms with Crippen molar-refractivity contribution < 1.29 is 27.4 Å². The maximum absolute atomic E-state index is 15.0. The molecular weight excluding hydrogens is 425 g/mol. The van der Waals surface area contributed by atoms with E-state index in [1.807, 2.05) is 11.5 Å². The first kappa shape index (κ1) is 20.3. The van der Waals surface area contributed by atoms with Gasteiger partial charge in [0.2, 0.25) is 0 Å². The second kappa shape index (κ2) is 7.49. The topological polar surface area (TPSA) is 71.3 Å². The van der Waals surface area contributed by atoms with E-state index in [9.17, 15) is 8.78 Å². The fraction of sp³-hybridized carbons (Fsp3) is 0.227. The molecule has 0 aliphatic carbocycles. The summed E-state index contributed by atoms with van der Waals surface area (Å²) >= 11 is 0. The Hall–Kier alpha value is -3.66. The number of nitrogens with zero attached hydrogens (tertiary/aromatic N) is 4. The molecule has 0 radical (unpaired) electrons. The summed E-state index contributed by atoms with van der Waals surface area (Å²) in [6.45, 7) is 2.16. The van der Waals surface area contributed by atoms with Gasteiger partial charge in [-0.2, -0.15) is 5.10 Å². The molecule has 0 bridgehead atoms. The van der Waals surface area contributed by atoms with Crippen molar-refractivity contribution >= 4 is 11.2 Å². The highest BCUT2D eigenvalue weighted by Gasteiger charge is 2.40. The number of methoxy groups -OCH3 is 1. The summed E-state index contributed by atoms with van der Waals surface area (Å²) < 4.78 is 58.6. The van der Waals surface area contributed by atoms with Crippen LogP contribution < -0.4 is 9.47 Å². The Kier molecular flexibility index (Phi) is 4.74. The molecule has 5 rings (SSSR count). The molecule has 0 fully saturated rings. The first-order valence-corrected chi connectivity index (χ1v) is 9.79. The molecule has 1 aliphatic heterocycles. The summed E-state index contributed by atoms with van der Waals surface area (Å²) in [6.07, 6.45) is -0.540. The molecular formula is C22H17F3N4O3. The van der Waals surface area contributed by atoms with Gasteiger partial charge in [0.1, 0.15) is 22.8 Å². The van der Waals surface area contributed by atoms with Crippen molar-refractivity contribution in [3.8, 4) is 33.8 Å². The van der Waals surface area contributed by atoms with Gasteiger partial charge in [0.15, 0.2) is 5.65 Å². The Labute approximate surface area is 180 Å². The third-order valence-corrected chi connectivity index (χ3v) is 5.36. The van der Waals surface area contributed by atoms with Crippen molar-refractivity contribution in [2.75, 3.05) is 7.11 Å². The lowest BCUT2D eigenvalue weighted by atomic mass is 9.94. The number of hydrogen-bond donors (Lipinski definition) is 0. The van der Waals surface area contributed by atoms with E-state index in [4.69, 9.17) is 4.74 Å². The van der Waals surface area contributed by atoms with Crippen LogP contribution in [0.3, 0.4) is 0 Å². The standard InChI is InChI=1S/C22H17F3N4O3/c1-3-29-11-26-20-14(9-27-28-21(20)29)12-4-5-16(23)13(8-12)19-15-10-31-22(24,25)32-17(15)6-7-18(19)30-2/h4-9,11H,3,10H2,1-2H3. The van der Waals surface area contributed by atoms with Crippen LogP contribution in [0, 0.1) is 5.82 Å². The third-order valence-electron chi connectivity index (χ3n) is 5.36. The van der Waals surface area contributed by atoms with Crippen LogP contribution >= 0.6 is 0 Å². The SMILES string of the molecule is CCn1cnc2c(-c3ccc(F)c(-c4c(OC)ccc5c4COC(F)(F)O5)c3)cnnc21. The van der Waals surface area contributed by atoms with Gasteiger partial charge in [-0.15, -0.1) is 13.9 Å². The van der Waals surface area contributed by atoms with E-state index < -0.39 is 18.7 Å². The summed E-state index contributed by atoms with van der Waals surface area (Å²) in [5.74, 6) is -0.364. The predicted molar refractivity (Wildman–Crippen MR) is 109 cm³/mol. The zero-order valence-electron chi connectivity index (χ0n) is 17.1. The van der Waals surface area contributed by atoms with Gasteiger partial charge in [-0.25, -0.2) is 9.37 Å². The number of halogens is 3. The van der Waals surface area contributed by atoms with Gasteiger partial charge in [-0.1, -0.05) is 6.07 Å². The Balaban J connectivity index is 1.71. The highest BCUT2D eigenvalue weighted by Crippen LogP contribution is 2.45. The monoisotopic (exact) mass is 442 g/mol. The number of alkyl halides is 2. The molecule has 4 aromatic rings. The van der Waals surface area contributed by atoms with Crippen molar-refractivity contribution in [3.05, 3.63) is 54.2 Å². The molecule has 2 aromatic carbocycles. The van der Waals surface area contributed by atoms with Gasteiger partial charge < -0.3 is 14.0 Å². The molecule has 0 N–H and O–H groups in total. The minimum Gasteiger partial charge on any atom is -0.496 e. The van der Waals surface area contributed by atoms with Crippen LogP contribution in [-0.4, -0.2) is 33.2 Å². The molecule has 0 spiro atoms. The van der Waals surface area contributed by atoms with Gasteiger partial charge >= 0.3 is 6.29 Å². The van der Waals surface area contributed by atoms with Crippen LogP contribution in [-0.2, 0) is 17.9 Å². The number of aromatic nitrogens is 4. The second-order valence-electron chi connectivity index (χ2n) is 7.13. The minimum atomic E-state index is -3.76. The average Bonchev–Trinajstić information content (AvgIpc) is 3.21. The van der Waals surface area contributed by atoms with Crippen molar-refractivity contribution in [2.45, 2.75) is 26.4 Å². The van der Waals surface area contributed by atoms with E-state index in [0.717, 1.165) is 0 Å². The zero-order valence-corrected chi connectivity index (χ0v) is 17.1. The minimum absolute atomic E-state index is 0.100. The number of hydrogen-bond acceptors (Lipinski definition) is 6. The lowest BCUT2D eigenvalue weighted by molar-refractivity contribution is -0.367. The van der Waals surface area contributed by atoms with E-state index in [1.54, 1.807) is 24.7 Å². The average molecular weight is 442 g/mol. The largest absolute Gasteiger partial charge is 0.535 e. The van der Waals surface area contributed by atoms with Gasteiger partial charge in [0.25, 0.3) is 0 Å². The maximum Gasteiger partial charge on any atom is 0.535 e. The Morgan fingerprint density at radius 1 is 1.19 bits per heavy atom. The molecule has 0 unspecified atom stereocenters. The Bertz CT molecular complexity index is 1340. The number of fused-ring (bicyclic) bond motifs is 2. The van der Waals surface area contributed by atoms with Crippen molar-refractivity contribution in [3.63, 3.8) is 0 Å². The molecule has 164 valence electrons. The maximum atomic E-state index is 15.0. The number of rotatable bonds is 4. The van der Waals surface area contributed by atoms with E-state index in [1.165, 1.54) is 25.3 Å². The summed E-state index contributed by atoms with van der Waals surface area (Å²) in [5, 5.41) is 8.21. The van der Waals surface area contributed by atoms with Crippen molar-refractivity contribution in [2.24, 2.45) is 0 Å². The van der Waals surface area contributed by atoms with Gasteiger partial charge in [0.05, 0.1) is 26.2 Å². The molecule has 0 saturated carbocycles. The highest BCUT2D eigenvalue weighted by molar-refractivity contribution is 5.91. The summed E-state index contributed by atoms with van der Waals surface area (Å²) in [4.78, 5) is 4.43. The van der Waals surface area contributed by atoms with E-state index in [2.05, 4.69) is 24.7 Å². The highest BCUT2D eigenvalue weighted by atomic mass is 19.3. The normalized spacial score (nSPS) is 14.8. The smallest absolute Gasteiger partial charge is 0.496 e. The van der Waals surface area contributed by atoms with Crippen molar-refractivity contribution in [1.29, 1.82) is 0 Å². The Morgan fingerprint density at radius 2 is 2.03 bits per heavy atom. The van der Waals surface area contributed by atoms with Gasteiger partial charge in [-0.05, 0) is 36.8 Å². The molecule has 0 amide bonds.